The fourth-order valence-corrected chi connectivity index (χ4v) is 6.51. The van der Waals surface area contributed by atoms with Crippen molar-refractivity contribution in [3.05, 3.63) is 50.3 Å². The minimum atomic E-state index is -0.593. The number of thiazole rings is 1. The van der Waals surface area contributed by atoms with Crippen molar-refractivity contribution < 1.29 is 18.8 Å². The molecule has 1 fully saturated rings. The number of H-pyrrole nitrogens is 1. The molecule has 13 heteroatoms. The van der Waals surface area contributed by atoms with E-state index in [9.17, 15) is 18.8 Å². The van der Waals surface area contributed by atoms with E-state index in [-0.39, 0.29) is 46.2 Å². The summed E-state index contributed by atoms with van der Waals surface area (Å²) in [5, 5.41) is 6.64. The van der Waals surface area contributed by atoms with Crippen LogP contribution >= 0.6 is 35.3 Å². The third-order valence-electron chi connectivity index (χ3n) is 7.32. The van der Waals surface area contributed by atoms with Crippen LogP contribution in [0, 0.1) is 11.7 Å². The van der Waals surface area contributed by atoms with Gasteiger partial charge in [0.1, 0.15) is 5.69 Å². The summed E-state index contributed by atoms with van der Waals surface area (Å²) in [6.45, 7) is 1.66. The van der Waals surface area contributed by atoms with Gasteiger partial charge in [-0.05, 0) is 44.5 Å². The number of aromatic nitrogens is 2. The van der Waals surface area contributed by atoms with Crippen molar-refractivity contribution in [2.75, 3.05) is 27.7 Å². The zero-order valence-corrected chi connectivity index (χ0v) is 24.2. The van der Waals surface area contributed by atoms with E-state index in [4.69, 9.17) is 11.6 Å². The molecule has 0 spiro atoms. The van der Waals surface area contributed by atoms with Crippen molar-refractivity contribution in [1.82, 2.24) is 30.4 Å². The van der Waals surface area contributed by atoms with Gasteiger partial charge in [0.2, 0.25) is 5.91 Å². The minimum absolute atomic E-state index is 0. The van der Waals surface area contributed by atoms with E-state index in [1.807, 2.05) is 7.05 Å². The van der Waals surface area contributed by atoms with Crippen molar-refractivity contribution >= 4 is 64.0 Å². The molecule has 1 unspecified atom stereocenters. The van der Waals surface area contributed by atoms with E-state index in [2.05, 4.69) is 25.5 Å². The maximum absolute atomic E-state index is 14.4. The second-order valence-corrected chi connectivity index (χ2v) is 11.8. The third-order valence-corrected chi connectivity index (χ3v) is 8.70. The molecule has 0 radical (unpaired) electrons. The van der Waals surface area contributed by atoms with Gasteiger partial charge in [-0.1, -0.05) is 11.6 Å². The number of aromatic amines is 1. The van der Waals surface area contributed by atoms with E-state index in [0.717, 1.165) is 30.1 Å². The van der Waals surface area contributed by atoms with Crippen LogP contribution in [0.4, 0.5) is 4.39 Å². The highest BCUT2D eigenvalue weighted by Gasteiger charge is 2.37. The number of carbonyl (C=O) groups excluding carboxylic acids is 3. The molecule has 3 N–H and O–H groups in total. The first kappa shape index (κ1) is 29.3. The molecule has 3 atom stereocenters. The first-order chi connectivity index (χ1) is 18.1. The lowest BCUT2D eigenvalue weighted by Gasteiger charge is -2.37. The van der Waals surface area contributed by atoms with Gasteiger partial charge in [0.05, 0.1) is 16.8 Å². The van der Waals surface area contributed by atoms with Crippen molar-refractivity contribution in [3.63, 3.8) is 0 Å². The number of hydrogen-bond acceptors (Lipinski definition) is 6. The fourth-order valence-electron chi connectivity index (χ4n) is 5.25. The summed E-state index contributed by atoms with van der Waals surface area (Å²) >= 11 is 7.27. The topological polar surface area (TPSA) is 110 Å². The van der Waals surface area contributed by atoms with Crippen LogP contribution in [0.2, 0.25) is 5.02 Å². The number of rotatable bonds is 5. The number of likely N-dealkylation sites (N-methyl/N-ethyl adjacent to an activating group) is 1. The Hall–Kier alpha value is -2.73. The van der Waals surface area contributed by atoms with Gasteiger partial charge in [0.15, 0.2) is 10.8 Å². The Morgan fingerprint density at radius 1 is 1.18 bits per heavy atom. The Bertz CT molecular complexity index is 1410. The molecule has 3 amide bonds. The first-order valence-corrected chi connectivity index (χ1v) is 13.8. The summed E-state index contributed by atoms with van der Waals surface area (Å²) in [7, 11) is 5.46. The van der Waals surface area contributed by atoms with E-state index < -0.39 is 23.8 Å². The molecule has 2 aromatic heterocycles. The Balaban J connectivity index is 0.00000353. The summed E-state index contributed by atoms with van der Waals surface area (Å²) in [5.41, 5.74) is 1.61. The Labute approximate surface area is 240 Å². The molecule has 3 heterocycles. The molecule has 210 valence electrons. The first-order valence-electron chi connectivity index (χ1n) is 12.6. The molecule has 39 heavy (non-hydrogen) atoms. The van der Waals surface area contributed by atoms with Crippen LogP contribution in [-0.2, 0) is 17.8 Å². The lowest BCUT2D eigenvalue weighted by molar-refractivity contribution is -0.134. The van der Waals surface area contributed by atoms with Crippen molar-refractivity contribution in [1.29, 1.82) is 0 Å². The molecule has 1 aromatic carbocycles. The lowest BCUT2D eigenvalue weighted by atomic mass is 9.81. The minimum Gasteiger partial charge on any atom is -0.350 e. The zero-order chi connectivity index (χ0) is 27.1. The predicted molar refractivity (Wildman–Crippen MR) is 151 cm³/mol. The summed E-state index contributed by atoms with van der Waals surface area (Å²) < 4.78 is 14.4. The van der Waals surface area contributed by atoms with Crippen LogP contribution in [0.1, 0.15) is 50.1 Å². The predicted octanol–water partition coefficient (Wildman–Crippen LogP) is 3.61. The number of halogens is 3. The van der Waals surface area contributed by atoms with Crippen LogP contribution < -0.4 is 10.6 Å². The second-order valence-electron chi connectivity index (χ2n) is 10.3. The van der Waals surface area contributed by atoms with Crippen LogP contribution in [-0.4, -0.2) is 77.3 Å². The van der Waals surface area contributed by atoms with Crippen LogP contribution in [0.25, 0.3) is 10.9 Å². The van der Waals surface area contributed by atoms with E-state index in [1.54, 1.807) is 25.1 Å². The second kappa shape index (κ2) is 11.8. The van der Waals surface area contributed by atoms with Gasteiger partial charge < -0.3 is 25.4 Å². The number of fused-ring (bicyclic) bond motifs is 2. The maximum atomic E-state index is 14.4. The van der Waals surface area contributed by atoms with E-state index >= 15 is 0 Å². The molecule has 0 bridgehead atoms. The highest BCUT2D eigenvalue weighted by atomic mass is 35.5. The molecule has 5 rings (SSSR count). The summed E-state index contributed by atoms with van der Waals surface area (Å²) in [6, 6.07) is 3.58. The third kappa shape index (κ3) is 6.06. The Morgan fingerprint density at radius 3 is 2.67 bits per heavy atom. The van der Waals surface area contributed by atoms with Gasteiger partial charge in [-0.25, -0.2) is 9.37 Å². The number of hydrogen-bond donors (Lipinski definition) is 3. The number of nitrogens with one attached hydrogen (secondary N) is 3. The number of benzene rings is 1. The SMILES string of the molecule is CN1CCc2nc(C(=O)NC3C[C@@H](C(=O)N(C)C)CC[C@@H]3NC(=O)c3cc4c(F)c(Cl)ccc4[nH]3)sc2C1.Cl. The van der Waals surface area contributed by atoms with Gasteiger partial charge in [0.25, 0.3) is 11.8 Å². The van der Waals surface area contributed by atoms with Crippen molar-refractivity contribution in [3.8, 4) is 0 Å². The Morgan fingerprint density at radius 2 is 1.92 bits per heavy atom. The standard InChI is InChI=1S/C26H30ClFN6O3S.ClH/c1-33(2)26(37)13-4-6-17(30-23(35)20-11-14-16(29-20)7-5-15(27)22(14)28)19(10-13)31-24(36)25-32-18-8-9-34(3)12-21(18)38-25;/h5,7,11,13,17,19,29H,4,6,8-10,12H2,1-3H3,(H,30,35)(H,31,36);1H/t13-,17-,19?;/m0./s1. The molecule has 2 aliphatic rings. The van der Waals surface area contributed by atoms with Crippen molar-refractivity contribution in [2.45, 2.75) is 44.3 Å². The van der Waals surface area contributed by atoms with Crippen LogP contribution in [0.15, 0.2) is 18.2 Å². The Kier molecular flexibility index (Phi) is 8.85. The number of nitrogens with zero attached hydrogens (tertiary/aromatic N) is 3. The molecule has 1 saturated carbocycles. The highest BCUT2D eigenvalue weighted by Crippen LogP contribution is 2.29. The van der Waals surface area contributed by atoms with Crippen LogP contribution in [0.5, 0.6) is 0 Å². The summed E-state index contributed by atoms with van der Waals surface area (Å²) in [5.74, 6) is -1.61. The molecule has 1 aliphatic carbocycles. The number of amides is 3. The molecule has 3 aromatic rings. The summed E-state index contributed by atoms with van der Waals surface area (Å²) in [6.07, 6.45) is 2.26. The summed E-state index contributed by atoms with van der Waals surface area (Å²) in [4.78, 5) is 51.5. The van der Waals surface area contributed by atoms with Gasteiger partial charge >= 0.3 is 0 Å². The lowest BCUT2D eigenvalue weighted by Crippen LogP contribution is -2.56. The normalized spacial score (nSPS) is 21.1. The van der Waals surface area contributed by atoms with E-state index in [0.29, 0.717) is 29.8 Å². The average Bonchev–Trinajstić information content (AvgIpc) is 3.51. The molecule has 9 nitrogen and oxygen atoms in total. The fraction of sp³-hybridized carbons (Fsp3) is 0.462. The molecule has 0 saturated heterocycles. The monoisotopic (exact) mass is 596 g/mol. The number of carbonyl (C=O) groups is 3. The van der Waals surface area contributed by atoms with Gasteiger partial charge in [-0.15, -0.1) is 23.7 Å². The van der Waals surface area contributed by atoms with Gasteiger partial charge in [0, 0.05) is 61.3 Å². The van der Waals surface area contributed by atoms with Crippen molar-refractivity contribution in [2.24, 2.45) is 5.92 Å². The largest absolute Gasteiger partial charge is 0.350 e. The molecule has 1 aliphatic heterocycles. The van der Waals surface area contributed by atoms with E-state index in [1.165, 1.54) is 23.5 Å². The maximum Gasteiger partial charge on any atom is 0.280 e. The van der Waals surface area contributed by atoms with Gasteiger partial charge in [-0.3, -0.25) is 14.4 Å². The zero-order valence-electron chi connectivity index (χ0n) is 21.8. The van der Waals surface area contributed by atoms with Gasteiger partial charge in [-0.2, -0.15) is 0 Å². The highest BCUT2D eigenvalue weighted by molar-refractivity contribution is 7.13. The quantitative estimate of drug-likeness (QED) is 0.417. The average molecular weight is 598 g/mol. The smallest absolute Gasteiger partial charge is 0.280 e. The molecular weight excluding hydrogens is 566 g/mol. The van der Waals surface area contributed by atoms with Crippen LogP contribution in [0.3, 0.4) is 0 Å². The molecular formula is C26H31Cl2FN6O3S.